The van der Waals surface area contributed by atoms with Gasteiger partial charge in [-0.15, -0.1) is 0 Å². The summed E-state index contributed by atoms with van der Waals surface area (Å²) in [5.41, 5.74) is 0.832. The van der Waals surface area contributed by atoms with Crippen LogP contribution in [0.3, 0.4) is 0 Å². The fourth-order valence-corrected chi connectivity index (χ4v) is 3.39. The fraction of sp³-hybridized carbons (Fsp3) is 0.364. The Morgan fingerprint density at radius 3 is 2.40 bits per heavy atom. The van der Waals surface area contributed by atoms with Crippen molar-refractivity contribution < 1.29 is 32.6 Å². The van der Waals surface area contributed by atoms with Gasteiger partial charge in [0.25, 0.3) is 5.91 Å². The molecule has 1 aliphatic rings. The molecule has 0 saturated heterocycles. The van der Waals surface area contributed by atoms with E-state index in [0.29, 0.717) is 35.6 Å². The summed E-state index contributed by atoms with van der Waals surface area (Å²) in [5.74, 6) is -0.488. The Morgan fingerprint density at radius 1 is 1.03 bits per heavy atom. The smallest absolute Gasteiger partial charge is 0.416 e. The van der Waals surface area contributed by atoms with Crippen LogP contribution in [-0.4, -0.2) is 23.6 Å². The molecule has 0 fully saturated rings. The van der Waals surface area contributed by atoms with Crippen molar-refractivity contribution in [2.75, 3.05) is 11.5 Å². The van der Waals surface area contributed by atoms with Crippen LogP contribution in [0.15, 0.2) is 42.5 Å². The Labute approximate surface area is 172 Å². The molecule has 30 heavy (non-hydrogen) atoms. The van der Waals surface area contributed by atoms with Crippen LogP contribution in [0.4, 0.5) is 18.9 Å². The van der Waals surface area contributed by atoms with Gasteiger partial charge < -0.3 is 14.7 Å². The van der Waals surface area contributed by atoms with E-state index in [0.717, 1.165) is 31.4 Å². The minimum Gasteiger partial charge on any atom is -0.493 e. The molecule has 0 aromatic heterocycles. The number of nitrogens with zero attached hydrogens (tertiary/aromatic N) is 1. The van der Waals surface area contributed by atoms with E-state index in [1.165, 1.54) is 17.0 Å². The fourth-order valence-electron chi connectivity index (χ4n) is 3.39. The van der Waals surface area contributed by atoms with Crippen molar-refractivity contribution in [1.29, 1.82) is 0 Å². The van der Waals surface area contributed by atoms with Crippen LogP contribution in [0.5, 0.6) is 5.75 Å². The van der Waals surface area contributed by atoms with Gasteiger partial charge in [0, 0.05) is 23.2 Å². The first-order chi connectivity index (χ1) is 14.3. The number of rotatable bonds is 9. The number of ether oxygens (including phenoxy) is 1. The van der Waals surface area contributed by atoms with Crippen molar-refractivity contribution in [2.24, 2.45) is 0 Å². The lowest BCUT2D eigenvalue weighted by Gasteiger charge is -2.17. The molecule has 1 amide bonds. The molecule has 0 radical (unpaired) electrons. The van der Waals surface area contributed by atoms with Gasteiger partial charge in [-0.1, -0.05) is 18.9 Å². The molecule has 1 aliphatic heterocycles. The summed E-state index contributed by atoms with van der Waals surface area (Å²) in [6.45, 7) is 0.673. The number of benzene rings is 2. The van der Waals surface area contributed by atoms with Gasteiger partial charge in [0.05, 0.1) is 18.7 Å². The molecular formula is C22H22F3NO4. The summed E-state index contributed by atoms with van der Waals surface area (Å²) in [7, 11) is 0. The maximum atomic E-state index is 12.8. The van der Waals surface area contributed by atoms with Crippen LogP contribution >= 0.6 is 0 Å². The van der Waals surface area contributed by atoms with E-state index in [1.54, 1.807) is 18.2 Å². The number of hydrogen-bond acceptors (Lipinski definition) is 3. The molecule has 2 aromatic carbocycles. The number of alkyl halides is 3. The predicted octanol–water partition coefficient (Wildman–Crippen LogP) is 5.28. The van der Waals surface area contributed by atoms with Gasteiger partial charge in [0.2, 0.25) is 0 Å². The molecule has 0 spiro atoms. The van der Waals surface area contributed by atoms with Crippen molar-refractivity contribution in [1.82, 2.24) is 0 Å². The van der Waals surface area contributed by atoms with Crippen molar-refractivity contribution in [2.45, 2.75) is 44.8 Å². The molecule has 0 aliphatic carbocycles. The van der Waals surface area contributed by atoms with E-state index in [4.69, 9.17) is 9.84 Å². The normalized spacial score (nSPS) is 13.4. The van der Waals surface area contributed by atoms with Crippen LogP contribution in [-0.2, 0) is 17.5 Å². The molecule has 0 saturated carbocycles. The number of carboxylic acid groups (broad SMARTS) is 1. The highest BCUT2D eigenvalue weighted by Crippen LogP contribution is 2.36. The highest BCUT2D eigenvalue weighted by molar-refractivity contribution is 6.10. The second-order valence-electron chi connectivity index (χ2n) is 7.12. The number of hydrogen-bond donors (Lipinski definition) is 1. The van der Waals surface area contributed by atoms with E-state index >= 15 is 0 Å². The maximum absolute atomic E-state index is 12.8. The summed E-state index contributed by atoms with van der Waals surface area (Å²) in [5, 5.41) is 8.62. The van der Waals surface area contributed by atoms with E-state index in [1.807, 2.05) is 0 Å². The van der Waals surface area contributed by atoms with Crippen molar-refractivity contribution in [3.05, 3.63) is 59.2 Å². The van der Waals surface area contributed by atoms with Gasteiger partial charge in [-0.05, 0) is 49.2 Å². The maximum Gasteiger partial charge on any atom is 0.416 e. The second kappa shape index (κ2) is 9.19. The molecule has 3 rings (SSSR count). The lowest BCUT2D eigenvalue weighted by molar-refractivity contribution is -0.138. The van der Waals surface area contributed by atoms with Crippen molar-refractivity contribution in [3.8, 4) is 5.75 Å². The van der Waals surface area contributed by atoms with Crippen LogP contribution in [0, 0.1) is 0 Å². The largest absolute Gasteiger partial charge is 0.493 e. The molecule has 0 unspecified atom stereocenters. The van der Waals surface area contributed by atoms with E-state index in [9.17, 15) is 22.8 Å². The average Bonchev–Trinajstić information content (AvgIpc) is 3.04. The van der Waals surface area contributed by atoms with Gasteiger partial charge in [-0.3, -0.25) is 9.59 Å². The molecule has 160 valence electrons. The van der Waals surface area contributed by atoms with Gasteiger partial charge in [0.1, 0.15) is 5.75 Å². The molecule has 0 bridgehead atoms. The summed E-state index contributed by atoms with van der Waals surface area (Å²) in [6, 6.07) is 9.69. The van der Waals surface area contributed by atoms with Crippen LogP contribution in [0.2, 0.25) is 0 Å². The van der Waals surface area contributed by atoms with E-state index in [2.05, 4.69) is 0 Å². The molecule has 0 atom stereocenters. The second-order valence-corrected chi connectivity index (χ2v) is 7.12. The Morgan fingerprint density at radius 2 is 1.73 bits per heavy atom. The molecule has 1 N–H and O–H groups in total. The quantitative estimate of drug-likeness (QED) is 0.560. The third-order valence-electron chi connectivity index (χ3n) is 4.97. The van der Waals surface area contributed by atoms with Crippen LogP contribution < -0.4 is 9.64 Å². The molecular weight excluding hydrogens is 399 g/mol. The number of amides is 1. The van der Waals surface area contributed by atoms with Gasteiger partial charge in [-0.25, -0.2) is 0 Å². The summed E-state index contributed by atoms with van der Waals surface area (Å²) < 4.78 is 44.1. The molecule has 2 aromatic rings. The van der Waals surface area contributed by atoms with Gasteiger partial charge in [-0.2, -0.15) is 13.2 Å². The first-order valence-electron chi connectivity index (χ1n) is 9.73. The third-order valence-corrected chi connectivity index (χ3v) is 4.97. The zero-order valence-corrected chi connectivity index (χ0v) is 16.2. The van der Waals surface area contributed by atoms with Crippen LogP contribution in [0.1, 0.15) is 53.6 Å². The average molecular weight is 421 g/mol. The van der Waals surface area contributed by atoms with E-state index in [-0.39, 0.29) is 18.9 Å². The Bertz CT molecular complexity index is 910. The molecule has 5 nitrogen and oxygen atoms in total. The summed E-state index contributed by atoms with van der Waals surface area (Å²) in [6.07, 6.45) is -1.21. The highest BCUT2D eigenvalue weighted by Gasteiger charge is 2.33. The topological polar surface area (TPSA) is 66.8 Å². The summed E-state index contributed by atoms with van der Waals surface area (Å²) in [4.78, 5) is 24.7. The predicted molar refractivity (Wildman–Crippen MR) is 105 cm³/mol. The number of halogens is 3. The number of unbranched alkanes of at least 4 members (excludes halogenated alkanes) is 3. The zero-order chi connectivity index (χ0) is 21.7. The monoisotopic (exact) mass is 421 g/mol. The van der Waals surface area contributed by atoms with Crippen LogP contribution in [0.25, 0.3) is 0 Å². The number of carboxylic acids is 1. The zero-order valence-electron chi connectivity index (χ0n) is 16.2. The number of carbonyl (C=O) groups is 2. The lowest BCUT2D eigenvalue weighted by atomic mass is 10.1. The number of anilines is 1. The number of aliphatic carboxylic acids is 1. The molecule has 8 heteroatoms. The Hall–Kier alpha value is -3.03. The number of fused-ring (bicyclic) bond motifs is 1. The van der Waals surface area contributed by atoms with E-state index < -0.39 is 17.7 Å². The van der Waals surface area contributed by atoms with Crippen molar-refractivity contribution >= 4 is 17.6 Å². The van der Waals surface area contributed by atoms with Gasteiger partial charge >= 0.3 is 12.1 Å². The first kappa shape index (κ1) is 21.7. The Balaban J connectivity index is 1.61. The number of carbonyl (C=O) groups excluding carboxylic acids is 1. The van der Waals surface area contributed by atoms with Crippen molar-refractivity contribution in [3.63, 3.8) is 0 Å². The standard InChI is InChI=1S/C22H22F3NO4/c23-22(24,25)15-9-11-16(12-10-15)26-14-18-17(21(26)29)6-5-7-19(18)30-13-4-2-1-3-8-20(27)28/h5-7,9-12H,1-4,8,13-14H2,(H,27,28). The lowest BCUT2D eigenvalue weighted by Crippen LogP contribution is -2.23. The van der Waals surface area contributed by atoms with Gasteiger partial charge in [0.15, 0.2) is 0 Å². The Kier molecular flexibility index (Phi) is 6.64. The highest BCUT2D eigenvalue weighted by atomic mass is 19.4. The minimum atomic E-state index is -4.43. The summed E-state index contributed by atoms with van der Waals surface area (Å²) >= 11 is 0. The first-order valence-corrected chi connectivity index (χ1v) is 9.73. The minimum absolute atomic E-state index is 0.162. The molecule has 1 heterocycles. The SMILES string of the molecule is O=C(O)CCCCCCOc1cccc2c1CN(c1ccc(C(F)(F)F)cc1)C2=O. The third kappa shape index (κ3) is 5.11.